The van der Waals surface area contributed by atoms with Gasteiger partial charge in [0.1, 0.15) is 35.4 Å². The van der Waals surface area contributed by atoms with Gasteiger partial charge in [0.05, 0.1) is 31.5 Å². The highest BCUT2D eigenvalue weighted by molar-refractivity contribution is 7.86. The number of benzene rings is 3. The molecule has 0 radical (unpaired) electrons. The second-order valence-corrected chi connectivity index (χ2v) is 15.5. The molecular formula is C39H45F3O13S. The summed E-state index contributed by atoms with van der Waals surface area (Å²) in [6.07, 6.45) is -17.2. The van der Waals surface area contributed by atoms with Crippen LogP contribution in [0.3, 0.4) is 0 Å². The molecule has 3 fully saturated rings. The first kappa shape index (κ1) is 42.1. The Bertz CT molecular complexity index is 1860. The molecule has 3 aromatic rings. The van der Waals surface area contributed by atoms with Crippen LogP contribution >= 0.6 is 0 Å². The van der Waals surface area contributed by atoms with Crippen molar-refractivity contribution >= 4 is 16.1 Å². The largest absolute Gasteiger partial charge is 0.457 e. The number of hydrogen-bond acceptors (Lipinski definition) is 13. The minimum absolute atomic E-state index is 0.118. The molecule has 0 aliphatic carbocycles. The molecule has 10 atom stereocenters. The highest BCUT2D eigenvalue weighted by Gasteiger charge is 2.59. The average molecular weight is 811 g/mol. The van der Waals surface area contributed by atoms with E-state index in [0.29, 0.717) is 11.6 Å². The van der Waals surface area contributed by atoms with Crippen LogP contribution in [-0.4, -0.2) is 95.3 Å². The van der Waals surface area contributed by atoms with Crippen LogP contribution in [0, 0.1) is 0 Å². The van der Waals surface area contributed by atoms with Gasteiger partial charge in [-0.15, -0.1) is 0 Å². The van der Waals surface area contributed by atoms with Gasteiger partial charge in [-0.3, -0.25) is 8.98 Å². The Hall–Kier alpha value is -3.49. The summed E-state index contributed by atoms with van der Waals surface area (Å²) < 4.78 is 132. The van der Waals surface area contributed by atoms with Gasteiger partial charge in [0.2, 0.25) is 0 Å². The second kappa shape index (κ2) is 17.6. The molecule has 0 N–H and O–H groups in total. The quantitative estimate of drug-likeness (QED) is 0.149. The maximum atomic E-state index is 14.2. The van der Waals surface area contributed by atoms with Crippen molar-refractivity contribution in [2.24, 2.45) is 0 Å². The molecular weight excluding hydrogens is 765 g/mol. The minimum atomic E-state index is -5.29. The topological polar surface area (TPSA) is 144 Å². The van der Waals surface area contributed by atoms with Crippen molar-refractivity contribution in [3.8, 4) is 0 Å². The van der Waals surface area contributed by atoms with E-state index in [9.17, 15) is 26.4 Å². The molecule has 6 rings (SSSR count). The zero-order chi connectivity index (χ0) is 40.3. The molecule has 3 aliphatic heterocycles. The van der Waals surface area contributed by atoms with E-state index >= 15 is 0 Å². The number of fused-ring (bicyclic) bond motifs is 1. The average Bonchev–Trinajstić information content (AvgIpc) is 3.48. The van der Waals surface area contributed by atoms with E-state index in [-0.39, 0.29) is 19.8 Å². The highest BCUT2D eigenvalue weighted by atomic mass is 32.2. The second-order valence-electron chi connectivity index (χ2n) is 14.0. The van der Waals surface area contributed by atoms with Gasteiger partial charge >= 0.3 is 12.1 Å². The fraction of sp³-hybridized carbons (Fsp3) is 0.513. The molecule has 0 spiro atoms. The Kier molecular flexibility index (Phi) is 13.2. The maximum Gasteiger partial charge on any atom is 0.417 e. The van der Waals surface area contributed by atoms with Gasteiger partial charge in [-0.1, -0.05) is 72.8 Å². The summed E-state index contributed by atoms with van der Waals surface area (Å²) in [6, 6.07) is 21.6. The molecule has 0 unspecified atom stereocenters. The molecule has 3 aliphatic rings. The summed E-state index contributed by atoms with van der Waals surface area (Å²) in [5.74, 6) is -1.91. The van der Waals surface area contributed by atoms with E-state index in [1.165, 1.54) is 7.11 Å². The lowest BCUT2D eigenvalue weighted by atomic mass is 9.96. The Morgan fingerprint density at radius 3 is 2.02 bits per heavy atom. The molecule has 0 saturated carbocycles. The first-order valence-electron chi connectivity index (χ1n) is 17.9. The highest BCUT2D eigenvalue weighted by Crippen LogP contribution is 2.42. The first-order chi connectivity index (χ1) is 26.6. The number of carbonyl (C=O) groups excluding carboxylic acids is 1. The van der Waals surface area contributed by atoms with Crippen LogP contribution in [0.25, 0.3) is 0 Å². The Morgan fingerprint density at radius 2 is 1.39 bits per heavy atom. The summed E-state index contributed by atoms with van der Waals surface area (Å²) >= 11 is 0. The monoisotopic (exact) mass is 810 g/mol. The predicted octanol–water partition coefficient (Wildman–Crippen LogP) is 5.53. The number of alkyl halides is 3. The number of halogens is 3. The summed E-state index contributed by atoms with van der Waals surface area (Å²) in [6.45, 7) is 5.90. The predicted molar refractivity (Wildman–Crippen MR) is 189 cm³/mol. The van der Waals surface area contributed by atoms with Crippen LogP contribution in [0.1, 0.15) is 44.4 Å². The molecule has 13 nitrogen and oxygen atoms in total. The fourth-order valence-corrected chi connectivity index (χ4v) is 8.24. The molecule has 0 bridgehead atoms. The smallest absolute Gasteiger partial charge is 0.417 e. The Labute approximate surface area is 323 Å². The van der Waals surface area contributed by atoms with Crippen LogP contribution in [-0.2, 0) is 81.1 Å². The summed E-state index contributed by atoms with van der Waals surface area (Å²) in [5.41, 5.74) is 0.00200. The maximum absolute atomic E-state index is 14.2. The van der Waals surface area contributed by atoms with Crippen molar-refractivity contribution in [2.75, 3.05) is 13.7 Å². The van der Waals surface area contributed by atoms with Gasteiger partial charge in [-0.05, 0) is 44.0 Å². The summed E-state index contributed by atoms with van der Waals surface area (Å²) in [7, 11) is -3.85. The summed E-state index contributed by atoms with van der Waals surface area (Å²) in [4.78, 5) is 11.5. The van der Waals surface area contributed by atoms with E-state index in [1.807, 2.05) is 30.3 Å². The van der Waals surface area contributed by atoms with Crippen LogP contribution < -0.4 is 0 Å². The van der Waals surface area contributed by atoms with Crippen molar-refractivity contribution in [1.82, 2.24) is 0 Å². The van der Waals surface area contributed by atoms with Crippen LogP contribution in [0.2, 0.25) is 0 Å². The summed E-state index contributed by atoms with van der Waals surface area (Å²) in [5, 5.41) is 0. The van der Waals surface area contributed by atoms with Crippen LogP contribution in [0.4, 0.5) is 13.2 Å². The van der Waals surface area contributed by atoms with Crippen molar-refractivity contribution in [2.45, 2.75) is 119 Å². The molecule has 56 heavy (non-hydrogen) atoms. The van der Waals surface area contributed by atoms with Gasteiger partial charge in [0.25, 0.3) is 10.1 Å². The number of rotatable bonds is 14. The molecule has 306 valence electrons. The van der Waals surface area contributed by atoms with E-state index in [4.69, 9.17) is 46.8 Å². The van der Waals surface area contributed by atoms with E-state index < -0.39 is 99.9 Å². The number of ether oxygens (including phenoxy) is 9. The van der Waals surface area contributed by atoms with Crippen molar-refractivity contribution in [3.05, 3.63) is 102 Å². The zero-order valence-corrected chi connectivity index (χ0v) is 32.1. The minimum Gasteiger partial charge on any atom is -0.457 e. The fourth-order valence-electron chi connectivity index (χ4n) is 6.95. The van der Waals surface area contributed by atoms with Crippen LogP contribution in [0.15, 0.2) is 89.8 Å². The third-order valence-corrected chi connectivity index (χ3v) is 10.7. The standard InChI is InChI=1S/C39H45F3O13S/c1-23-30(33-34(36(46-5)49-23)54-38(3,4)53-33)52-37-35(55-56(44,45)29-19-13-12-18-27(29)39(40,41)42)32(48-21-26-16-10-7-11-17-26)31(50-24(2)43)28(51-37)22-47-20-25-14-8-6-9-15-25/h6-19,23,28,30-37H,20-22H2,1-5H3/t23-,28+,30-,31+,32-,33+,34+,35-,36+,37-/m0/s1. The van der Waals surface area contributed by atoms with E-state index in [2.05, 4.69) is 0 Å². The van der Waals surface area contributed by atoms with Gasteiger partial charge in [0, 0.05) is 14.0 Å². The Morgan fingerprint density at radius 1 is 0.786 bits per heavy atom. The van der Waals surface area contributed by atoms with E-state index in [1.54, 1.807) is 51.1 Å². The first-order valence-corrected chi connectivity index (χ1v) is 19.4. The number of methoxy groups -OCH3 is 1. The molecule has 3 saturated heterocycles. The zero-order valence-electron chi connectivity index (χ0n) is 31.3. The lowest BCUT2D eigenvalue weighted by Gasteiger charge is -2.47. The Balaban J connectivity index is 1.42. The lowest BCUT2D eigenvalue weighted by molar-refractivity contribution is -0.345. The van der Waals surface area contributed by atoms with Gasteiger partial charge in [-0.2, -0.15) is 21.6 Å². The van der Waals surface area contributed by atoms with Gasteiger partial charge < -0.3 is 42.6 Å². The lowest BCUT2D eigenvalue weighted by Crippen LogP contribution is -2.65. The van der Waals surface area contributed by atoms with E-state index in [0.717, 1.165) is 30.7 Å². The molecule has 3 aromatic carbocycles. The van der Waals surface area contributed by atoms with Gasteiger partial charge in [-0.25, -0.2) is 0 Å². The normalized spacial score (nSPS) is 30.4. The van der Waals surface area contributed by atoms with Crippen molar-refractivity contribution in [1.29, 1.82) is 0 Å². The number of carbonyl (C=O) groups is 1. The third kappa shape index (κ3) is 9.96. The van der Waals surface area contributed by atoms with Gasteiger partial charge in [0.15, 0.2) is 30.6 Å². The molecule has 17 heteroatoms. The van der Waals surface area contributed by atoms with Crippen LogP contribution in [0.5, 0.6) is 0 Å². The molecule has 0 aromatic heterocycles. The molecule has 3 heterocycles. The SMILES string of the molecule is CO[C@@H]1O[C@@H](C)[C@H](O[C@@H]2O[C@H](COCc3ccccc3)[C@@H](OC(C)=O)[C@H](OCc3ccccc3)[C@@H]2OS(=O)(=O)c2ccccc2C(F)(F)F)[C@H]2OC(C)(C)O[C@@H]12. The number of hydrogen-bond donors (Lipinski definition) is 0. The third-order valence-electron chi connectivity index (χ3n) is 9.36. The van der Waals surface area contributed by atoms with Crippen molar-refractivity contribution in [3.63, 3.8) is 0 Å². The number of esters is 1. The van der Waals surface area contributed by atoms with Crippen molar-refractivity contribution < 1.29 is 73.2 Å². The molecule has 0 amide bonds.